The largest absolute Gasteiger partial charge is 0.356 e. The molecule has 0 aliphatic carbocycles. The monoisotopic (exact) mass is 268 g/mol. The van der Waals surface area contributed by atoms with E-state index in [1.54, 1.807) is 6.07 Å². The molecule has 2 aromatic rings. The third-order valence-electron chi connectivity index (χ3n) is 2.53. The molecule has 1 aromatic heterocycles. The topological polar surface area (TPSA) is 83.8 Å². The lowest BCUT2D eigenvalue weighted by Gasteiger charge is -1.99. The van der Waals surface area contributed by atoms with E-state index in [0.717, 1.165) is 19.4 Å². The van der Waals surface area contributed by atoms with Crippen LogP contribution in [0.5, 0.6) is 0 Å². The van der Waals surface area contributed by atoms with Gasteiger partial charge >= 0.3 is 0 Å². The van der Waals surface area contributed by atoms with E-state index in [0.29, 0.717) is 22.9 Å². The Hall–Kier alpha value is -1.82. The second kappa shape index (κ2) is 5.68. The fraction of sp³-hybridized carbons (Fsp3) is 0.364. The number of hydrogen-bond donors (Lipinski definition) is 2. The van der Waals surface area contributed by atoms with Crippen LogP contribution >= 0.6 is 11.6 Å². The van der Waals surface area contributed by atoms with Crippen molar-refractivity contribution in [3.63, 3.8) is 0 Å². The molecule has 0 saturated carbocycles. The van der Waals surface area contributed by atoms with Gasteiger partial charge in [-0.25, -0.2) is 4.98 Å². The Labute approximate surface area is 109 Å². The molecule has 0 atom stereocenters. The van der Waals surface area contributed by atoms with E-state index in [-0.39, 0.29) is 5.69 Å². The van der Waals surface area contributed by atoms with Crippen molar-refractivity contribution in [2.75, 3.05) is 17.7 Å². The lowest BCUT2D eigenvalue weighted by atomic mass is 10.3. The van der Waals surface area contributed by atoms with Crippen molar-refractivity contribution in [2.24, 2.45) is 0 Å². The summed E-state index contributed by atoms with van der Waals surface area (Å²) in [6.45, 7) is 0.772. The summed E-state index contributed by atoms with van der Waals surface area (Å²) >= 11 is 5.58. The molecule has 0 saturated heterocycles. The minimum Gasteiger partial charge on any atom is -0.356 e. The quantitative estimate of drug-likeness (QED) is 0.365. The molecule has 0 spiro atoms. The number of nitro groups is 1. The highest BCUT2D eigenvalue weighted by atomic mass is 35.5. The number of imidazole rings is 1. The number of alkyl halides is 1. The summed E-state index contributed by atoms with van der Waals surface area (Å²) < 4.78 is 0. The van der Waals surface area contributed by atoms with Gasteiger partial charge in [0.15, 0.2) is 0 Å². The van der Waals surface area contributed by atoms with Gasteiger partial charge < -0.3 is 10.3 Å². The van der Waals surface area contributed by atoms with E-state index in [1.807, 2.05) is 0 Å². The number of non-ortho nitro benzene ring substituents is 1. The molecule has 1 heterocycles. The number of aromatic amines is 1. The van der Waals surface area contributed by atoms with Crippen LogP contribution in [0.4, 0.5) is 11.6 Å². The van der Waals surface area contributed by atoms with E-state index in [9.17, 15) is 10.1 Å². The summed E-state index contributed by atoms with van der Waals surface area (Å²) in [6, 6.07) is 4.56. The molecule has 6 nitrogen and oxygen atoms in total. The Balaban J connectivity index is 2.09. The number of nitrogens with one attached hydrogen (secondary N) is 2. The van der Waals surface area contributed by atoms with Gasteiger partial charge in [0.25, 0.3) is 5.69 Å². The maximum atomic E-state index is 10.6. The van der Waals surface area contributed by atoms with Crippen molar-refractivity contribution in [3.05, 3.63) is 28.3 Å². The summed E-state index contributed by atoms with van der Waals surface area (Å²) in [7, 11) is 0. The van der Waals surface area contributed by atoms with Crippen LogP contribution in [-0.4, -0.2) is 27.3 Å². The number of rotatable bonds is 6. The Kier molecular flexibility index (Phi) is 3.99. The summed E-state index contributed by atoms with van der Waals surface area (Å²) in [5, 5.41) is 13.8. The van der Waals surface area contributed by atoms with Gasteiger partial charge in [0, 0.05) is 24.6 Å². The molecule has 0 unspecified atom stereocenters. The van der Waals surface area contributed by atoms with Crippen molar-refractivity contribution in [1.82, 2.24) is 9.97 Å². The first kappa shape index (κ1) is 12.6. The zero-order valence-corrected chi connectivity index (χ0v) is 10.4. The molecule has 18 heavy (non-hydrogen) atoms. The van der Waals surface area contributed by atoms with Gasteiger partial charge in [-0.2, -0.15) is 0 Å². The van der Waals surface area contributed by atoms with Crippen molar-refractivity contribution >= 4 is 34.3 Å². The van der Waals surface area contributed by atoms with Crippen molar-refractivity contribution in [2.45, 2.75) is 12.8 Å². The van der Waals surface area contributed by atoms with Crippen molar-refractivity contribution < 1.29 is 4.92 Å². The molecule has 0 bridgehead atoms. The summed E-state index contributed by atoms with van der Waals surface area (Å²) in [4.78, 5) is 17.5. The average Bonchev–Trinajstić information content (AvgIpc) is 2.76. The fourth-order valence-electron chi connectivity index (χ4n) is 1.62. The Bertz CT molecular complexity index is 555. The smallest absolute Gasteiger partial charge is 0.271 e. The lowest BCUT2D eigenvalue weighted by Crippen LogP contribution is -2.02. The zero-order valence-electron chi connectivity index (χ0n) is 9.65. The molecule has 0 aliphatic rings. The van der Waals surface area contributed by atoms with Crippen LogP contribution in [0, 0.1) is 10.1 Å². The fourth-order valence-corrected chi connectivity index (χ4v) is 1.81. The molecule has 2 rings (SSSR count). The third-order valence-corrected chi connectivity index (χ3v) is 2.80. The van der Waals surface area contributed by atoms with Gasteiger partial charge in [-0.1, -0.05) is 0 Å². The first-order valence-corrected chi connectivity index (χ1v) is 6.18. The Morgan fingerprint density at radius 2 is 2.28 bits per heavy atom. The Morgan fingerprint density at radius 3 is 3.00 bits per heavy atom. The highest BCUT2D eigenvalue weighted by Gasteiger charge is 2.09. The van der Waals surface area contributed by atoms with Crippen molar-refractivity contribution in [3.8, 4) is 0 Å². The highest BCUT2D eigenvalue weighted by Crippen LogP contribution is 2.20. The zero-order chi connectivity index (χ0) is 13.0. The number of anilines is 1. The van der Waals surface area contributed by atoms with Gasteiger partial charge in [-0.3, -0.25) is 10.1 Å². The summed E-state index contributed by atoms with van der Waals surface area (Å²) in [6.07, 6.45) is 1.90. The van der Waals surface area contributed by atoms with Gasteiger partial charge in [0.1, 0.15) is 0 Å². The Morgan fingerprint density at radius 1 is 1.44 bits per heavy atom. The summed E-state index contributed by atoms with van der Waals surface area (Å²) in [5.41, 5.74) is 1.42. The molecular formula is C11H13ClN4O2. The molecular weight excluding hydrogens is 256 g/mol. The van der Waals surface area contributed by atoms with E-state index in [2.05, 4.69) is 15.3 Å². The van der Waals surface area contributed by atoms with Gasteiger partial charge in [-0.15, -0.1) is 11.6 Å². The predicted octanol–water partition coefficient (Wildman–Crippen LogP) is 2.90. The number of hydrogen-bond acceptors (Lipinski definition) is 4. The first-order chi connectivity index (χ1) is 8.70. The van der Waals surface area contributed by atoms with Gasteiger partial charge in [-0.05, 0) is 18.9 Å². The average molecular weight is 269 g/mol. The van der Waals surface area contributed by atoms with Crippen LogP contribution in [0.3, 0.4) is 0 Å². The van der Waals surface area contributed by atoms with Crippen LogP contribution in [0.2, 0.25) is 0 Å². The first-order valence-electron chi connectivity index (χ1n) is 5.64. The number of fused-ring (bicyclic) bond motifs is 1. The number of unbranched alkanes of at least 4 members (excludes halogenated alkanes) is 1. The van der Waals surface area contributed by atoms with Gasteiger partial charge in [0.05, 0.1) is 16.0 Å². The van der Waals surface area contributed by atoms with Crippen LogP contribution in [0.1, 0.15) is 12.8 Å². The normalized spacial score (nSPS) is 10.7. The number of H-pyrrole nitrogens is 1. The number of halogens is 1. The molecule has 0 radical (unpaired) electrons. The third kappa shape index (κ3) is 2.89. The number of nitrogens with zero attached hydrogens (tertiary/aromatic N) is 2. The second-order valence-electron chi connectivity index (χ2n) is 3.87. The minimum atomic E-state index is -0.423. The number of benzene rings is 1. The summed E-state index contributed by atoms with van der Waals surface area (Å²) in [5.74, 6) is 1.27. The molecule has 0 fully saturated rings. The van der Waals surface area contributed by atoms with Crippen LogP contribution < -0.4 is 5.32 Å². The molecule has 2 N–H and O–H groups in total. The van der Waals surface area contributed by atoms with Crippen LogP contribution in [-0.2, 0) is 0 Å². The molecule has 1 aromatic carbocycles. The van der Waals surface area contributed by atoms with E-state index < -0.39 is 4.92 Å². The van der Waals surface area contributed by atoms with E-state index in [4.69, 9.17) is 11.6 Å². The van der Waals surface area contributed by atoms with E-state index >= 15 is 0 Å². The second-order valence-corrected chi connectivity index (χ2v) is 4.24. The van der Waals surface area contributed by atoms with Crippen LogP contribution in [0.25, 0.3) is 11.0 Å². The number of aromatic nitrogens is 2. The predicted molar refractivity (Wildman–Crippen MR) is 71.2 cm³/mol. The molecule has 0 aliphatic heterocycles. The molecule has 0 amide bonds. The van der Waals surface area contributed by atoms with E-state index in [1.165, 1.54) is 12.1 Å². The van der Waals surface area contributed by atoms with Crippen molar-refractivity contribution in [1.29, 1.82) is 0 Å². The number of nitro benzene ring substituents is 1. The minimum absolute atomic E-state index is 0.0554. The lowest BCUT2D eigenvalue weighted by molar-refractivity contribution is -0.384. The molecule has 96 valence electrons. The maximum absolute atomic E-state index is 10.6. The standard InChI is InChI=1S/C11H13ClN4O2/c12-5-1-2-6-13-11-14-9-4-3-8(16(17)18)7-10(9)15-11/h3-4,7H,1-2,5-6H2,(H2,13,14,15). The van der Waals surface area contributed by atoms with Crippen LogP contribution in [0.15, 0.2) is 18.2 Å². The van der Waals surface area contributed by atoms with Gasteiger partial charge in [0.2, 0.25) is 5.95 Å². The maximum Gasteiger partial charge on any atom is 0.271 e. The molecule has 7 heteroatoms. The SMILES string of the molecule is O=[N+]([O-])c1ccc2nc(NCCCCCl)[nH]c2c1. The highest BCUT2D eigenvalue weighted by molar-refractivity contribution is 6.17.